The molecule has 1 N–H and O–H groups in total. The van der Waals surface area contributed by atoms with Crippen LogP contribution in [0.4, 0.5) is 0 Å². The molecule has 2 heterocycles. The number of hydrogen-bond donors (Lipinski definition) is 1. The lowest BCUT2D eigenvalue weighted by molar-refractivity contribution is 0.424. The van der Waals surface area contributed by atoms with Crippen molar-refractivity contribution < 1.29 is 0 Å². The normalized spacial score (nSPS) is 28.7. The molecule has 43 heavy (non-hydrogen) atoms. The van der Waals surface area contributed by atoms with Crippen molar-refractivity contribution in [3.8, 4) is 0 Å². The first-order chi connectivity index (χ1) is 21.2. The summed E-state index contributed by atoms with van der Waals surface area (Å²) in [6.07, 6.45) is 34.2. The molecule has 2 radical (unpaired) electrons. The van der Waals surface area contributed by atoms with E-state index in [4.69, 9.17) is 7.85 Å². The SMILES string of the molecule is [B]C1=C(c2c(CCCC3SC4=CC=CCC4C3NC3=CCC4C=CC=CC4=C3)ccc3ccccc23)C2=CC=CCC2S1. The Labute approximate surface area is 265 Å². The molecule has 4 aliphatic carbocycles. The number of aryl methyl sites for hydroxylation is 1. The minimum Gasteiger partial charge on any atom is -0.381 e. The van der Waals surface area contributed by atoms with Crippen LogP contribution in [0.2, 0.25) is 0 Å². The highest BCUT2D eigenvalue weighted by molar-refractivity contribution is 8.05. The molecule has 5 unspecified atom stereocenters. The van der Waals surface area contributed by atoms with Gasteiger partial charge < -0.3 is 5.32 Å². The van der Waals surface area contributed by atoms with Gasteiger partial charge in [0.25, 0.3) is 0 Å². The van der Waals surface area contributed by atoms with Gasteiger partial charge in [0.15, 0.2) is 0 Å². The lowest BCUT2D eigenvalue weighted by atomic mass is 9.82. The molecule has 0 saturated carbocycles. The topological polar surface area (TPSA) is 12.0 Å². The Balaban J connectivity index is 1.05. The third-order valence-electron chi connectivity index (χ3n) is 9.81. The molecule has 6 aliphatic rings. The fraction of sp³-hybridized carbons (Fsp3) is 0.282. The second-order valence-corrected chi connectivity index (χ2v) is 15.0. The molecule has 1 nitrogen and oxygen atoms in total. The Morgan fingerprint density at radius 1 is 0.907 bits per heavy atom. The summed E-state index contributed by atoms with van der Waals surface area (Å²) < 4.78 is 0. The molecule has 8 rings (SSSR count). The van der Waals surface area contributed by atoms with E-state index in [9.17, 15) is 0 Å². The molecular formula is C39H36BNS2. The summed E-state index contributed by atoms with van der Waals surface area (Å²) in [6.45, 7) is 0. The zero-order valence-electron chi connectivity index (χ0n) is 24.4. The number of allylic oxidation sites excluding steroid dienone is 14. The summed E-state index contributed by atoms with van der Waals surface area (Å²) in [6, 6.07) is 14.0. The molecule has 0 aromatic heterocycles. The van der Waals surface area contributed by atoms with E-state index in [1.165, 1.54) is 50.7 Å². The van der Waals surface area contributed by atoms with Gasteiger partial charge in [-0.25, -0.2) is 0 Å². The van der Waals surface area contributed by atoms with Crippen LogP contribution in [0.15, 0.2) is 136 Å². The largest absolute Gasteiger partial charge is 0.381 e. The summed E-state index contributed by atoms with van der Waals surface area (Å²) in [4.78, 5) is 2.54. The quantitative estimate of drug-likeness (QED) is 0.321. The van der Waals surface area contributed by atoms with Crippen molar-refractivity contribution in [2.75, 3.05) is 0 Å². The van der Waals surface area contributed by atoms with Crippen molar-refractivity contribution >= 4 is 47.7 Å². The van der Waals surface area contributed by atoms with Crippen LogP contribution in [0.3, 0.4) is 0 Å². The second-order valence-electron chi connectivity index (χ2n) is 12.4. The van der Waals surface area contributed by atoms with Gasteiger partial charge in [-0.1, -0.05) is 108 Å². The highest BCUT2D eigenvalue weighted by Crippen LogP contribution is 2.51. The lowest BCUT2D eigenvalue weighted by Crippen LogP contribution is -2.40. The first-order valence-electron chi connectivity index (χ1n) is 15.8. The van der Waals surface area contributed by atoms with Gasteiger partial charge in [0.05, 0.1) is 0 Å². The first-order valence-corrected chi connectivity index (χ1v) is 17.6. The predicted molar refractivity (Wildman–Crippen MR) is 189 cm³/mol. The molecule has 212 valence electrons. The van der Waals surface area contributed by atoms with Crippen molar-refractivity contribution in [1.29, 1.82) is 0 Å². The van der Waals surface area contributed by atoms with Gasteiger partial charge in [0.2, 0.25) is 0 Å². The minimum atomic E-state index is 0.443. The minimum absolute atomic E-state index is 0.443. The fourth-order valence-corrected chi connectivity index (χ4v) is 10.5. The number of nitrogens with one attached hydrogen (secondary N) is 1. The van der Waals surface area contributed by atoms with Gasteiger partial charge in [0, 0.05) is 34.1 Å². The second kappa shape index (κ2) is 11.8. The molecular weight excluding hydrogens is 557 g/mol. The van der Waals surface area contributed by atoms with Crippen LogP contribution in [0.5, 0.6) is 0 Å². The van der Waals surface area contributed by atoms with Crippen LogP contribution in [0.1, 0.15) is 43.2 Å². The summed E-state index contributed by atoms with van der Waals surface area (Å²) in [5, 5.41) is 7.68. The van der Waals surface area contributed by atoms with Crippen LogP contribution in [-0.4, -0.2) is 24.4 Å². The molecule has 0 bridgehead atoms. The third kappa shape index (κ3) is 5.21. The summed E-state index contributed by atoms with van der Waals surface area (Å²) in [5.74, 6) is 1.10. The number of rotatable bonds is 7. The maximum Gasteiger partial charge on any atom is 0.124 e. The van der Waals surface area contributed by atoms with E-state index in [1.807, 2.05) is 11.8 Å². The maximum atomic E-state index is 6.81. The van der Waals surface area contributed by atoms with Crippen molar-refractivity contribution in [3.63, 3.8) is 0 Å². The van der Waals surface area contributed by atoms with Crippen molar-refractivity contribution in [2.24, 2.45) is 11.8 Å². The lowest BCUT2D eigenvalue weighted by Gasteiger charge is -2.29. The van der Waals surface area contributed by atoms with Gasteiger partial charge in [0.1, 0.15) is 7.85 Å². The van der Waals surface area contributed by atoms with Crippen LogP contribution < -0.4 is 5.32 Å². The molecule has 4 heteroatoms. The molecule has 2 aliphatic heterocycles. The number of hydrogen-bond acceptors (Lipinski definition) is 3. The Morgan fingerprint density at radius 2 is 1.81 bits per heavy atom. The molecule has 1 saturated heterocycles. The number of fused-ring (bicyclic) bond motifs is 4. The maximum absolute atomic E-state index is 6.81. The van der Waals surface area contributed by atoms with Crippen molar-refractivity contribution in [1.82, 2.24) is 5.32 Å². The summed E-state index contributed by atoms with van der Waals surface area (Å²) in [7, 11) is 6.81. The Hall–Kier alpha value is -3.08. The van der Waals surface area contributed by atoms with Gasteiger partial charge >= 0.3 is 0 Å². The van der Waals surface area contributed by atoms with Crippen LogP contribution in [-0.2, 0) is 6.42 Å². The van der Waals surface area contributed by atoms with Crippen LogP contribution in [0.25, 0.3) is 16.3 Å². The highest BCUT2D eigenvalue weighted by atomic mass is 32.2. The molecule has 2 aromatic rings. The fourth-order valence-electron chi connectivity index (χ4n) is 7.67. The monoisotopic (exact) mass is 593 g/mol. The third-order valence-corrected chi connectivity index (χ3v) is 12.5. The van der Waals surface area contributed by atoms with E-state index in [-0.39, 0.29) is 0 Å². The van der Waals surface area contributed by atoms with E-state index in [0.29, 0.717) is 28.4 Å². The smallest absolute Gasteiger partial charge is 0.124 e. The van der Waals surface area contributed by atoms with Gasteiger partial charge in [-0.15, -0.1) is 23.5 Å². The summed E-state index contributed by atoms with van der Waals surface area (Å²) >= 11 is 3.97. The van der Waals surface area contributed by atoms with Crippen LogP contribution in [0, 0.1) is 11.8 Å². The average Bonchev–Trinajstić information content (AvgIpc) is 3.57. The van der Waals surface area contributed by atoms with E-state index < -0.39 is 0 Å². The standard InChI is InChI=1S/C39H36BNS2/c40-39-37(31-15-5-7-17-33(31)43-39)36-27(21-20-26-11-3-4-14-30(26)36)13-9-19-35-38(32-16-6-8-18-34(32)42-35)41-29-23-22-25-10-1-2-12-28(25)24-29/h1-8,10-12,14-15,18,20-21,23-25,32-33,35,38,41H,9,13,16-17,19,22H2. The van der Waals surface area contributed by atoms with Crippen LogP contribution >= 0.6 is 23.5 Å². The van der Waals surface area contributed by atoms with E-state index in [2.05, 4.69) is 126 Å². The van der Waals surface area contributed by atoms with E-state index >= 15 is 0 Å². The first kappa shape index (κ1) is 27.5. The van der Waals surface area contributed by atoms with E-state index in [1.54, 1.807) is 4.91 Å². The Morgan fingerprint density at radius 3 is 2.79 bits per heavy atom. The number of thioether (sulfide) groups is 2. The Kier molecular flexibility index (Phi) is 7.53. The molecule has 5 atom stereocenters. The Bertz CT molecular complexity index is 1750. The molecule has 0 amide bonds. The zero-order valence-corrected chi connectivity index (χ0v) is 26.0. The molecule has 1 fully saturated rings. The highest BCUT2D eigenvalue weighted by Gasteiger charge is 2.40. The van der Waals surface area contributed by atoms with Crippen molar-refractivity contribution in [2.45, 2.75) is 55.1 Å². The number of benzene rings is 2. The summed E-state index contributed by atoms with van der Waals surface area (Å²) in [5.41, 5.74) is 8.22. The molecule has 2 aromatic carbocycles. The molecule has 0 spiro atoms. The van der Waals surface area contributed by atoms with Gasteiger partial charge in [-0.2, -0.15) is 0 Å². The van der Waals surface area contributed by atoms with E-state index in [0.717, 1.165) is 36.9 Å². The van der Waals surface area contributed by atoms with Gasteiger partial charge in [-0.05, 0) is 88.1 Å². The van der Waals surface area contributed by atoms with Gasteiger partial charge in [-0.3, -0.25) is 0 Å². The van der Waals surface area contributed by atoms with Crippen molar-refractivity contribution in [3.05, 3.63) is 147 Å². The average molecular weight is 594 g/mol. The predicted octanol–water partition coefficient (Wildman–Crippen LogP) is 9.49. The zero-order chi connectivity index (χ0) is 28.8.